The Morgan fingerprint density at radius 2 is 0.500 bits per heavy atom. The van der Waals surface area contributed by atoms with Gasteiger partial charge in [0.25, 0.3) is 0 Å². The van der Waals surface area contributed by atoms with Gasteiger partial charge in [0.15, 0.2) is 0 Å². The second kappa shape index (κ2) is 24.2. The fraction of sp³-hybridized carbons (Fsp3) is 0.857. The molecule has 0 bridgehead atoms. The third kappa shape index (κ3) is 15.7. The van der Waals surface area contributed by atoms with E-state index in [1.165, 1.54) is 103 Å². The van der Waals surface area contributed by atoms with Crippen molar-refractivity contribution in [3.63, 3.8) is 0 Å². The first-order valence-electron chi connectivity index (χ1n) is 25.9. The van der Waals surface area contributed by atoms with E-state index in [9.17, 15) is 20.4 Å². The first-order chi connectivity index (χ1) is 28.9. The van der Waals surface area contributed by atoms with Gasteiger partial charge in [0.05, 0.1) is 0 Å². The SMILES string of the molecule is CCCC1CCC(C2CCC(O)(C#CC#CC3(O)CCC(C4CCC(CCC)CC4)CC3)CC2)CC1.CCCC1CCC(O)(C#CC#CC2(O)CCC(CCC)CC2)CC1. The van der Waals surface area contributed by atoms with E-state index in [1.54, 1.807) is 0 Å². The average molecular weight is 825 g/mol. The highest BCUT2D eigenvalue weighted by molar-refractivity contribution is 5.34. The summed E-state index contributed by atoms with van der Waals surface area (Å²) in [7, 11) is 0. The van der Waals surface area contributed by atoms with Crippen molar-refractivity contribution in [3.05, 3.63) is 0 Å². The molecular formula is C56H88O4. The lowest BCUT2D eigenvalue weighted by Gasteiger charge is -2.39. The summed E-state index contributed by atoms with van der Waals surface area (Å²) in [6.07, 6.45) is 36.5. The molecule has 0 atom stereocenters. The van der Waals surface area contributed by atoms with E-state index in [-0.39, 0.29) is 0 Å². The molecular weight excluding hydrogens is 737 g/mol. The van der Waals surface area contributed by atoms with Crippen LogP contribution >= 0.6 is 0 Å². The quantitative estimate of drug-likeness (QED) is 0.165. The predicted octanol–water partition coefficient (Wildman–Crippen LogP) is 12.5. The number of aliphatic hydroxyl groups is 4. The molecule has 6 aliphatic carbocycles. The number of rotatable bonds is 10. The molecule has 6 aliphatic rings. The lowest BCUT2D eigenvalue weighted by molar-refractivity contribution is 0.0250. The van der Waals surface area contributed by atoms with Crippen LogP contribution in [0.1, 0.15) is 233 Å². The van der Waals surface area contributed by atoms with Gasteiger partial charge in [0, 0.05) is 0 Å². The molecule has 0 aromatic heterocycles. The van der Waals surface area contributed by atoms with Gasteiger partial charge in [-0.05, 0) is 199 Å². The topological polar surface area (TPSA) is 80.9 Å². The first kappa shape index (κ1) is 49.1. The van der Waals surface area contributed by atoms with Gasteiger partial charge in [-0.1, -0.05) is 128 Å². The van der Waals surface area contributed by atoms with Gasteiger partial charge in [-0.15, -0.1) is 0 Å². The van der Waals surface area contributed by atoms with Gasteiger partial charge in [0.1, 0.15) is 22.4 Å². The Bertz CT molecular complexity index is 1380. The Morgan fingerprint density at radius 3 is 0.733 bits per heavy atom. The highest BCUT2D eigenvalue weighted by Crippen LogP contribution is 2.45. The fourth-order valence-electron chi connectivity index (χ4n) is 12.7. The Balaban J connectivity index is 0.000000247. The molecule has 336 valence electrons. The Morgan fingerprint density at radius 1 is 0.300 bits per heavy atom. The maximum atomic E-state index is 11.0. The Labute approximate surface area is 369 Å². The third-order valence-electron chi connectivity index (χ3n) is 16.8. The predicted molar refractivity (Wildman–Crippen MR) is 249 cm³/mol. The molecule has 6 fully saturated rings. The largest absolute Gasteiger partial charge is 0.378 e. The maximum absolute atomic E-state index is 11.0. The molecule has 0 radical (unpaired) electrons. The van der Waals surface area contributed by atoms with Crippen molar-refractivity contribution in [1.82, 2.24) is 0 Å². The molecule has 0 saturated heterocycles. The second-order valence-electron chi connectivity index (χ2n) is 21.4. The standard InChI is InChI=1S/C34H54O2.C22H34O2/c1-3-7-27-9-13-29(14-10-27)31-17-23-33(35,24-18-31)21-5-6-22-34(36)25-19-32(20-26-34)30-15-11-28(8-4-2)12-16-30;1-3-7-19-9-15-21(23,16-10-19)13-5-6-14-22(24)17-11-20(8-4-2)12-18-22/h27-32,35-36H,3-4,7-20,23-26H2,1-2H3;19-20,23-24H,3-4,7-12,15-18H2,1-2H3. The zero-order chi connectivity index (χ0) is 42.9. The van der Waals surface area contributed by atoms with E-state index in [0.29, 0.717) is 0 Å². The second-order valence-corrected chi connectivity index (χ2v) is 21.4. The van der Waals surface area contributed by atoms with Gasteiger partial charge < -0.3 is 20.4 Å². The molecule has 4 nitrogen and oxygen atoms in total. The molecule has 60 heavy (non-hydrogen) atoms. The number of hydrogen-bond acceptors (Lipinski definition) is 4. The van der Waals surface area contributed by atoms with Gasteiger partial charge in [0.2, 0.25) is 0 Å². The molecule has 0 spiro atoms. The van der Waals surface area contributed by atoms with E-state index in [1.807, 2.05) is 0 Å². The van der Waals surface area contributed by atoms with Crippen LogP contribution in [0.25, 0.3) is 0 Å². The van der Waals surface area contributed by atoms with E-state index in [4.69, 9.17) is 0 Å². The molecule has 0 aromatic rings. The van der Waals surface area contributed by atoms with Crippen molar-refractivity contribution < 1.29 is 20.4 Å². The van der Waals surface area contributed by atoms with E-state index in [0.717, 1.165) is 150 Å². The normalized spacial score (nSPS) is 39.3. The Hall–Kier alpha value is -1.92. The van der Waals surface area contributed by atoms with Crippen LogP contribution in [0, 0.1) is 94.7 Å². The van der Waals surface area contributed by atoms with Crippen LogP contribution in [0.15, 0.2) is 0 Å². The van der Waals surface area contributed by atoms with E-state index in [2.05, 4.69) is 75.1 Å². The molecule has 4 heteroatoms. The molecule has 0 unspecified atom stereocenters. The van der Waals surface area contributed by atoms with Crippen molar-refractivity contribution in [1.29, 1.82) is 0 Å². The molecule has 6 saturated carbocycles. The van der Waals surface area contributed by atoms with Gasteiger partial charge >= 0.3 is 0 Å². The van der Waals surface area contributed by atoms with Crippen LogP contribution in [0.4, 0.5) is 0 Å². The zero-order valence-electron chi connectivity index (χ0n) is 39.0. The summed E-state index contributed by atoms with van der Waals surface area (Å²) < 4.78 is 0. The highest BCUT2D eigenvalue weighted by Gasteiger charge is 2.38. The van der Waals surface area contributed by atoms with Gasteiger partial charge in [-0.25, -0.2) is 0 Å². The summed E-state index contributed by atoms with van der Waals surface area (Å²) in [6, 6.07) is 0. The molecule has 6 rings (SSSR count). The zero-order valence-corrected chi connectivity index (χ0v) is 39.0. The highest BCUT2D eigenvalue weighted by atomic mass is 16.3. The molecule has 0 amide bonds. The van der Waals surface area contributed by atoms with Crippen molar-refractivity contribution in [2.24, 2.45) is 47.3 Å². The fourth-order valence-corrected chi connectivity index (χ4v) is 12.7. The summed E-state index contributed by atoms with van der Waals surface area (Å²) in [5.74, 6) is 30.4. The van der Waals surface area contributed by atoms with Crippen LogP contribution in [0.5, 0.6) is 0 Å². The molecule has 0 heterocycles. The minimum atomic E-state index is -0.874. The van der Waals surface area contributed by atoms with E-state index < -0.39 is 22.4 Å². The van der Waals surface area contributed by atoms with Crippen molar-refractivity contribution in [2.45, 2.75) is 256 Å². The van der Waals surface area contributed by atoms with Crippen molar-refractivity contribution in [2.75, 3.05) is 0 Å². The van der Waals surface area contributed by atoms with Crippen LogP contribution in [-0.2, 0) is 0 Å². The molecule has 4 N–H and O–H groups in total. The minimum absolute atomic E-state index is 0.752. The van der Waals surface area contributed by atoms with Gasteiger partial charge in [-0.2, -0.15) is 0 Å². The van der Waals surface area contributed by atoms with E-state index >= 15 is 0 Å². The maximum Gasteiger partial charge on any atom is 0.126 e. The van der Waals surface area contributed by atoms with Crippen molar-refractivity contribution in [3.8, 4) is 47.4 Å². The minimum Gasteiger partial charge on any atom is -0.378 e. The third-order valence-corrected chi connectivity index (χ3v) is 16.8. The smallest absolute Gasteiger partial charge is 0.126 e. The summed E-state index contributed by atoms with van der Waals surface area (Å²) >= 11 is 0. The van der Waals surface area contributed by atoms with Crippen molar-refractivity contribution >= 4 is 0 Å². The summed E-state index contributed by atoms with van der Waals surface area (Å²) in [6.45, 7) is 9.06. The van der Waals surface area contributed by atoms with Gasteiger partial charge in [-0.3, -0.25) is 0 Å². The summed E-state index contributed by atoms with van der Waals surface area (Å²) in [5, 5.41) is 43.2. The van der Waals surface area contributed by atoms with Crippen LogP contribution in [0.3, 0.4) is 0 Å². The molecule has 0 aromatic carbocycles. The molecule has 0 aliphatic heterocycles. The lowest BCUT2D eigenvalue weighted by Crippen LogP contribution is -2.35. The average Bonchev–Trinajstić information content (AvgIpc) is 3.25. The van der Waals surface area contributed by atoms with Crippen LogP contribution in [-0.4, -0.2) is 42.8 Å². The monoisotopic (exact) mass is 825 g/mol. The number of hydrogen-bond donors (Lipinski definition) is 4. The van der Waals surface area contributed by atoms with Crippen LogP contribution < -0.4 is 0 Å². The lowest BCUT2D eigenvalue weighted by atomic mass is 9.68. The first-order valence-corrected chi connectivity index (χ1v) is 25.9. The summed E-state index contributed by atoms with van der Waals surface area (Å²) in [5.41, 5.74) is -3.47. The Kier molecular flexibility index (Phi) is 19.8. The summed E-state index contributed by atoms with van der Waals surface area (Å²) in [4.78, 5) is 0. The van der Waals surface area contributed by atoms with Crippen LogP contribution in [0.2, 0.25) is 0 Å².